The molecular formula is C32H40N2O6. The van der Waals surface area contributed by atoms with Gasteiger partial charge >= 0.3 is 5.97 Å². The van der Waals surface area contributed by atoms with E-state index in [9.17, 15) is 19.5 Å². The van der Waals surface area contributed by atoms with Crippen LogP contribution in [0.4, 0.5) is 0 Å². The number of ether oxygens (including phenoxy) is 2. The maximum Gasteiger partial charge on any atom is 0.310 e. The second kappa shape index (κ2) is 14.8. The zero-order valence-electron chi connectivity index (χ0n) is 23.1. The van der Waals surface area contributed by atoms with Gasteiger partial charge in [0.1, 0.15) is 6.10 Å². The minimum atomic E-state index is -0.770. The highest BCUT2D eigenvalue weighted by Gasteiger charge is 2.35. The Bertz CT molecular complexity index is 1140. The topological polar surface area (TPSA) is 105 Å². The van der Waals surface area contributed by atoms with Crippen molar-refractivity contribution in [2.45, 2.75) is 56.7 Å². The molecule has 8 heteroatoms. The molecule has 2 aliphatic heterocycles. The van der Waals surface area contributed by atoms with Gasteiger partial charge in [0.2, 0.25) is 11.8 Å². The third-order valence-corrected chi connectivity index (χ3v) is 7.78. The van der Waals surface area contributed by atoms with Crippen LogP contribution in [0.25, 0.3) is 0 Å². The number of carbonyl (C=O) groups excluding carboxylic acids is 3. The monoisotopic (exact) mass is 548 g/mol. The third-order valence-electron chi connectivity index (χ3n) is 7.78. The van der Waals surface area contributed by atoms with Gasteiger partial charge in [-0.3, -0.25) is 14.4 Å². The Balaban J connectivity index is 1.63. The zero-order chi connectivity index (χ0) is 28.3. The van der Waals surface area contributed by atoms with Crippen molar-refractivity contribution in [3.05, 3.63) is 83.9 Å². The van der Waals surface area contributed by atoms with E-state index in [1.165, 1.54) is 7.11 Å². The maximum absolute atomic E-state index is 13.6. The molecule has 2 aromatic carbocycles. The number of aliphatic hydroxyl groups excluding tert-OH is 1. The number of esters is 1. The minimum absolute atomic E-state index is 0.0373. The smallest absolute Gasteiger partial charge is 0.310 e. The minimum Gasteiger partial charge on any atom is -0.455 e. The first kappa shape index (κ1) is 29.5. The number of allylic oxidation sites excluding steroid dienone is 2. The van der Waals surface area contributed by atoms with Crippen molar-refractivity contribution >= 4 is 17.8 Å². The first-order chi connectivity index (χ1) is 19.5. The van der Waals surface area contributed by atoms with Crippen LogP contribution < -0.4 is 5.32 Å². The largest absolute Gasteiger partial charge is 0.455 e. The molecule has 0 unspecified atom stereocenters. The number of cyclic esters (lactones) is 1. The molecule has 5 atom stereocenters. The molecule has 1 saturated heterocycles. The van der Waals surface area contributed by atoms with E-state index in [0.29, 0.717) is 25.8 Å². The van der Waals surface area contributed by atoms with Crippen molar-refractivity contribution in [3.8, 4) is 0 Å². The predicted molar refractivity (Wildman–Crippen MR) is 151 cm³/mol. The fourth-order valence-corrected chi connectivity index (χ4v) is 5.58. The number of rotatable bonds is 8. The molecule has 2 N–H and O–H groups in total. The van der Waals surface area contributed by atoms with Gasteiger partial charge < -0.3 is 24.8 Å². The van der Waals surface area contributed by atoms with Crippen LogP contribution in [0.1, 0.15) is 49.3 Å². The quantitative estimate of drug-likeness (QED) is 0.386. The van der Waals surface area contributed by atoms with Crippen LogP contribution in [0.3, 0.4) is 0 Å². The van der Waals surface area contributed by atoms with Gasteiger partial charge in [-0.25, -0.2) is 0 Å². The number of likely N-dealkylation sites (tertiary alicyclic amines) is 1. The van der Waals surface area contributed by atoms with E-state index in [4.69, 9.17) is 9.47 Å². The van der Waals surface area contributed by atoms with E-state index in [2.05, 4.69) is 5.32 Å². The molecule has 0 aromatic heterocycles. The van der Waals surface area contributed by atoms with Gasteiger partial charge in [0.15, 0.2) is 0 Å². The van der Waals surface area contributed by atoms with Gasteiger partial charge in [-0.1, -0.05) is 72.8 Å². The van der Waals surface area contributed by atoms with Crippen molar-refractivity contribution in [1.82, 2.24) is 10.2 Å². The van der Waals surface area contributed by atoms with Crippen molar-refractivity contribution in [2.75, 3.05) is 26.9 Å². The summed E-state index contributed by atoms with van der Waals surface area (Å²) in [5.41, 5.74) is 1.79. The summed E-state index contributed by atoms with van der Waals surface area (Å²) in [7, 11) is 1.54. The number of nitrogens with zero attached hydrogens (tertiary/aromatic N) is 1. The molecule has 0 radical (unpaired) electrons. The SMILES string of the molecule is COC[C@@H]1NC(=O)[C@@H](CC(=O)N2CCC[C@H]2CO)CC=CC[C@@H](Cc2ccccc2)C(=O)O[C@H]1c1ccccc1. The highest BCUT2D eigenvalue weighted by Crippen LogP contribution is 2.28. The molecule has 0 spiro atoms. The number of nitrogens with one attached hydrogen (secondary N) is 1. The molecule has 1 fully saturated rings. The molecule has 0 aliphatic carbocycles. The molecule has 8 nitrogen and oxygen atoms in total. The number of methoxy groups -OCH3 is 1. The van der Waals surface area contributed by atoms with Gasteiger partial charge in [-0.15, -0.1) is 0 Å². The lowest BCUT2D eigenvalue weighted by Crippen LogP contribution is -2.47. The number of carbonyl (C=O) groups is 3. The maximum atomic E-state index is 13.6. The van der Waals surface area contributed by atoms with Crippen LogP contribution in [-0.2, 0) is 30.3 Å². The van der Waals surface area contributed by atoms with Crippen molar-refractivity contribution in [2.24, 2.45) is 11.8 Å². The van der Waals surface area contributed by atoms with Crippen LogP contribution in [0.15, 0.2) is 72.8 Å². The Morgan fingerprint density at radius 1 is 1.02 bits per heavy atom. The molecule has 40 heavy (non-hydrogen) atoms. The third kappa shape index (κ3) is 7.79. The van der Waals surface area contributed by atoms with E-state index in [1.54, 1.807) is 4.90 Å². The molecular weight excluding hydrogens is 508 g/mol. The summed E-state index contributed by atoms with van der Waals surface area (Å²) in [4.78, 5) is 42.1. The highest BCUT2D eigenvalue weighted by atomic mass is 16.5. The van der Waals surface area contributed by atoms with Gasteiger partial charge in [0, 0.05) is 20.1 Å². The van der Waals surface area contributed by atoms with Crippen LogP contribution in [0.5, 0.6) is 0 Å². The zero-order valence-corrected chi connectivity index (χ0v) is 23.1. The van der Waals surface area contributed by atoms with E-state index < -0.39 is 24.0 Å². The first-order valence-corrected chi connectivity index (χ1v) is 14.1. The van der Waals surface area contributed by atoms with Gasteiger partial charge in [0.25, 0.3) is 0 Å². The second-order valence-corrected chi connectivity index (χ2v) is 10.6. The Morgan fingerprint density at radius 2 is 1.70 bits per heavy atom. The van der Waals surface area contributed by atoms with Crippen molar-refractivity contribution in [1.29, 1.82) is 0 Å². The summed E-state index contributed by atoms with van der Waals surface area (Å²) in [5.74, 6) is -1.79. The Kier molecular flexibility index (Phi) is 10.9. The molecule has 2 heterocycles. The first-order valence-electron chi connectivity index (χ1n) is 14.1. The Hall–Kier alpha value is -3.49. The summed E-state index contributed by atoms with van der Waals surface area (Å²) in [5, 5.41) is 12.7. The van der Waals surface area contributed by atoms with Gasteiger partial charge in [-0.05, 0) is 43.2 Å². The number of benzene rings is 2. The normalized spacial score (nSPS) is 25.9. The van der Waals surface area contributed by atoms with Crippen LogP contribution in [-0.4, -0.2) is 66.7 Å². The van der Waals surface area contributed by atoms with Crippen molar-refractivity contribution < 1.29 is 29.0 Å². The van der Waals surface area contributed by atoms with Crippen LogP contribution in [0.2, 0.25) is 0 Å². The number of hydrogen-bond acceptors (Lipinski definition) is 6. The fourth-order valence-electron chi connectivity index (χ4n) is 5.58. The molecule has 2 aliphatic rings. The van der Waals surface area contributed by atoms with Gasteiger partial charge in [-0.2, -0.15) is 0 Å². The van der Waals surface area contributed by atoms with E-state index in [-0.39, 0.29) is 43.5 Å². The highest BCUT2D eigenvalue weighted by molar-refractivity contribution is 5.86. The lowest BCUT2D eigenvalue weighted by Gasteiger charge is -2.31. The average Bonchev–Trinajstić information content (AvgIpc) is 3.46. The summed E-state index contributed by atoms with van der Waals surface area (Å²) < 4.78 is 11.6. The molecule has 4 rings (SSSR count). The summed E-state index contributed by atoms with van der Waals surface area (Å²) in [6.45, 7) is 0.635. The summed E-state index contributed by atoms with van der Waals surface area (Å²) in [6, 6.07) is 18.3. The lowest BCUT2D eigenvalue weighted by molar-refractivity contribution is -0.158. The van der Waals surface area contributed by atoms with E-state index in [0.717, 1.165) is 24.0 Å². The predicted octanol–water partition coefficient (Wildman–Crippen LogP) is 3.60. The summed E-state index contributed by atoms with van der Waals surface area (Å²) >= 11 is 0. The molecule has 2 amide bonds. The fraction of sp³-hybridized carbons (Fsp3) is 0.469. The molecule has 214 valence electrons. The number of amides is 2. The standard InChI is InChI=1S/C32H40N2O6/c1-39-22-28-30(24-13-6-3-7-14-24)40-32(38)26(19-23-11-4-2-5-12-23)16-9-8-15-25(31(37)33-28)20-29(36)34-18-10-17-27(34)21-35/h2-9,11-14,25-28,30,35H,10,15-22H2,1H3,(H,33,37)/t25-,26+,27+,28+,30+/m1/s1. The number of hydrogen-bond donors (Lipinski definition) is 2. The van der Waals surface area contributed by atoms with E-state index >= 15 is 0 Å². The van der Waals surface area contributed by atoms with Crippen molar-refractivity contribution in [3.63, 3.8) is 0 Å². The Morgan fingerprint density at radius 3 is 2.38 bits per heavy atom. The number of aliphatic hydroxyl groups is 1. The lowest BCUT2D eigenvalue weighted by atomic mass is 9.93. The molecule has 0 bridgehead atoms. The van der Waals surface area contributed by atoms with Gasteiger partial charge in [0.05, 0.1) is 37.1 Å². The van der Waals surface area contributed by atoms with Crippen LogP contribution in [0, 0.1) is 11.8 Å². The summed E-state index contributed by atoms with van der Waals surface area (Å²) in [6.07, 6.45) is 6.01. The van der Waals surface area contributed by atoms with E-state index in [1.807, 2.05) is 72.8 Å². The van der Waals surface area contributed by atoms with Crippen LogP contribution >= 0.6 is 0 Å². The Labute approximate surface area is 236 Å². The average molecular weight is 549 g/mol. The molecule has 0 saturated carbocycles. The molecule has 2 aromatic rings. The second-order valence-electron chi connectivity index (χ2n) is 10.6.